The SMILES string of the molecule is CCN(CC)c1ncc(CN[C@H](C)c2ccc(F)cc2)s1. The van der Waals surface area contributed by atoms with Crippen molar-refractivity contribution in [3.63, 3.8) is 0 Å². The highest BCUT2D eigenvalue weighted by molar-refractivity contribution is 7.15. The Kier molecular flexibility index (Phi) is 5.70. The predicted octanol–water partition coefficient (Wildman–Crippen LogP) is 3.98. The molecule has 3 nitrogen and oxygen atoms in total. The average molecular weight is 307 g/mol. The molecule has 1 heterocycles. The first-order valence-corrected chi connectivity index (χ1v) is 8.14. The van der Waals surface area contributed by atoms with Gasteiger partial charge < -0.3 is 10.2 Å². The number of thiazole rings is 1. The fourth-order valence-electron chi connectivity index (χ4n) is 2.14. The Hall–Kier alpha value is -1.46. The van der Waals surface area contributed by atoms with Crippen LogP contribution in [0.15, 0.2) is 30.5 Å². The molecule has 1 atom stereocenters. The summed E-state index contributed by atoms with van der Waals surface area (Å²) in [5.74, 6) is -0.197. The zero-order chi connectivity index (χ0) is 15.2. The lowest BCUT2D eigenvalue weighted by Crippen LogP contribution is -2.21. The third-order valence-corrected chi connectivity index (χ3v) is 4.59. The van der Waals surface area contributed by atoms with Gasteiger partial charge in [0.1, 0.15) is 5.82 Å². The number of benzene rings is 1. The van der Waals surface area contributed by atoms with Gasteiger partial charge in [0.25, 0.3) is 0 Å². The van der Waals surface area contributed by atoms with E-state index in [1.54, 1.807) is 11.3 Å². The molecule has 0 saturated carbocycles. The molecule has 0 aliphatic rings. The average Bonchev–Trinajstić information content (AvgIpc) is 2.96. The molecule has 0 aliphatic heterocycles. The van der Waals surface area contributed by atoms with Gasteiger partial charge in [-0.15, -0.1) is 11.3 Å². The Bertz CT molecular complexity index is 549. The van der Waals surface area contributed by atoms with Gasteiger partial charge in [0.15, 0.2) is 5.13 Å². The minimum atomic E-state index is -0.197. The molecule has 21 heavy (non-hydrogen) atoms. The standard InChI is InChI=1S/C16H22FN3S/c1-4-20(5-2)16-19-11-15(21-16)10-18-12(3)13-6-8-14(17)9-7-13/h6-9,11-12,18H,4-5,10H2,1-3H3/t12-/m1/s1. The highest BCUT2D eigenvalue weighted by atomic mass is 32.1. The van der Waals surface area contributed by atoms with E-state index in [1.807, 2.05) is 18.3 Å². The van der Waals surface area contributed by atoms with Gasteiger partial charge in [0.05, 0.1) is 0 Å². The van der Waals surface area contributed by atoms with Gasteiger partial charge >= 0.3 is 0 Å². The minimum Gasteiger partial charge on any atom is -0.349 e. The first kappa shape index (κ1) is 15.9. The lowest BCUT2D eigenvalue weighted by Gasteiger charge is -2.16. The van der Waals surface area contributed by atoms with E-state index >= 15 is 0 Å². The van der Waals surface area contributed by atoms with Gasteiger partial charge in [-0.2, -0.15) is 0 Å². The Balaban J connectivity index is 1.92. The molecule has 2 aromatic rings. The van der Waals surface area contributed by atoms with Crippen LogP contribution in [-0.4, -0.2) is 18.1 Å². The molecule has 1 aromatic carbocycles. The lowest BCUT2D eigenvalue weighted by atomic mass is 10.1. The number of hydrogen-bond acceptors (Lipinski definition) is 4. The number of nitrogens with zero attached hydrogens (tertiary/aromatic N) is 2. The van der Waals surface area contributed by atoms with Crippen molar-refractivity contribution in [3.8, 4) is 0 Å². The van der Waals surface area contributed by atoms with Gasteiger partial charge in [0.2, 0.25) is 0 Å². The van der Waals surface area contributed by atoms with Crippen molar-refractivity contribution in [1.82, 2.24) is 10.3 Å². The maximum Gasteiger partial charge on any atom is 0.185 e. The Morgan fingerprint density at radius 1 is 1.24 bits per heavy atom. The molecule has 0 spiro atoms. The molecule has 0 unspecified atom stereocenters. The van der Waals surface area contributed by atoms with Gasteiger partial charge in [0, 0.05) is 36.8 Å². The molecular weight excluding hydrogens is 285 g/mol. The van der Waals surface area contributed by atoms with Crippen molar-refractivity contribution in [1.29, 1.82) is 0 Å². The predicted molar refractivity (Wildman–Crippen MR) is 87.3 cm³/mol. The van der Waals surface area contributed by atoms with E-state index in [2.05, 4.69) is 36.0 Å². The van der Waals surface area contributed by atoms with Crippen LogP contribution in [0.2, 0.25) is 0 Å². The van der Waals surface area contributed by atoms with Crippen LogP contribution in [0.1, 0.15) is 37.3 Å². The molecule has 0 fully saturated rings. The number of nitrogens with one attached hydrogen (secondary N) is 1. The highest BCUT2D eigenvalue weighted by Gasteiger charge is 2.09. The lowest BCUT2D eigenvalue weighted by molar-refractivity contribution is 0.574. The van der Waals surface area contributed by atoms with E-state index in [-0.39, 0.29) is 11.9 Å². The summed E-state index contributed by atoms with van der Waals surface area (Å²) in [6.07, 6.45) is 1.93. The zero-order valence-electron chi connectivity index (χ0n) is 12.8. The molecule has 0 bridgehead atoms. The number of anilines is 1. The van der Waals surface area contributed by atoms with Crippen LogP contribution in [0.5, 0.6) is 0 Å². The van der Waals surface area contributed by atoms with Crippen molar-refractivity contribution in [2.45, 2.75) is 33.4 Å². The van der Waals surface area contributed by atoms with E-state index in [0.29, 0.717) is 0 Å². The van der Waals surface area contributed by atoms with Crippen LogP contribution < -0.4 is 10.2 Å². The number of rotatable bonds is 7. The summed E-state index contributed by atoms with van der Waals surface area (Å²) in [6, 6.07) is 6.82. The third-order valence-electron chi connectivity index (χ3n) is 3.53. The molecular formula is C16H22FN3S. The fourth-order valence-corrected chi connectivity index (χ4v) is 3.13. The molecule has 0 radical (unpaired) electrons. The molecule has 0 saturated heterocycles. The smallest absolute Gasteiger partial charge is 0.185 e. The molecule has 2 rings (SSSR count). The Labute approximate surface area is 129 Å². The first-order chi connectivity index (χ1) is 10.1. The highest BCUT2D eigenvalue weighted by Crippen LogP contribution is 2.23. The van der Waals surface area contributed by atoms with Crippen molar-refractivity contribution >= 4 is 16.5 Å². The topological polar surface area (TPSA) is 28.2 Å². The number of hydrogen-bond donors (Lipinski definition) is 1. The summed E-state index contributed by atoms with van der Waals surface area (Å²) in [4.78, 5) is 7.94. The van der Waals surface area contributed by atoms with E-state index in [4.69, 9.17) is 0 Å². The van der Waals surface area contributed by atoms with Crippen LogP contribution >= 0.6 is 11.3 Å². The second kappa shape index (κ2) is 7.52. The van der Waals surface area contributed by atoms with Crippen molar-refractivity contribution < 1.29 is 4.39 Å². The van der Waals surface area contributed by atoms with Gasteiger partial charge in [-0.25, -0.2) is 9.37 Å². The number of aromatic nitrogens is 1. The van der Waals surface area contributed by atoms with E-state index in [1.165, 1.54) is 17.0 Å². The minimum absolute atomic E-state index is 0.185. The van der Waals surface area contributed by atoms with Crippen LogP contribution in [0.3, 0.4) is 0 Å². The van der Waals surface area contributed by atoms with Crippen molar-refractivity contribution in [3.05, 3.63) is 46.7 Å². The molecule has 1 N–H and O–H groups in total. The van der Waals surface area contributed by atoms with Crippen molar-refractivity contribution in [2.75, 3.05) is 18.0 Å². The summed E-state index contributed by atoms with van der Waals surface area (Å²) in [5, 5.41) is 4.53. The Morgan fingerprint density at radius 3 is 2.52 bits per heavy atom. The zero-order valence-corrected chi connectivity index (χ0v) is 13.6. The number of halogens is 1. The molecule has 1 aromatic heterocycles. The summed E-state index contributed by atoms with van der Waals surface area (Å²) < 4.78 is 12.9. The van der Waals surface area contributed by atoms with Crippen LogP contribution in [-0.2, 0) is 6.54 Å². The van der Waals surface area contributed by atoms with Gasteiger partial charge in [-0.3, -0.25) is 0 Å². The summed E-state index contributed by atoms with van der Waals surface area (Å²) in [5.41, 5.74) is 1.09. The molecule has 114 valence electrons. The van der Waals surface area contributed by atoms with Gasteiger partial charge in [-0.1, -0.05) is 12.1 Å². The second-order valence-electron chi connectivity index (χ2n) is 4.94. The largest absolute Gasteiger partial charge is 0.349 e. The fraction of sp³-hybridized carbons (Fsp3) is 0.438. The first-order valence-electron chi connectivity index (χ1n) is 7.32. The monoisotopic (exact) mass is 307 g/mol. The van der Waals surface area contributed by atoms with Crippen LogP contribution in [0.25, 0.3) is 0 Å². The van der Waals surface area contributed by atoms with Gasteiger partial charge in [-0.05, 0) is 38.5 Å². The maximum atomic E-state index is 12.9. The summed E-state index contributed by atoms with van der Waals surface area (Å²) in [7, 11) is 0. The van der Waals surface area contributed by atoms with E-state index in [0.717, 1.165) is 30.3 Å². The molecule has 0 amide bonds. The molecule has 5 heteroatoms. The second-order valence-corrected chi connectivity index (χ2v) is 6.03. The van der Waals surface area contributed by atoms with E-state index in [9.17, 15) is 4.39 Å². The maximum absolute atomic E-state index is 12.9. The summed E-state index contributed by atoms with van der Waals surface area (Å²) in [6.45, 7) is 9.08. The quantitative estimate of drug-likeness (QED) is 0.838. The van der Waals surface area contributed by atoms with Crippen molar-refractivity contribution in [2.24, 2.45) is 0 Å². The molecule has 0 aliphatic carbocycles. The Morgan fingerprint density at radius 2 is 1.90 bits per heavy atom. The van der Waals surface area contributed by atoms with Crippen LogP contribution in [0, 0.1) is 5.82 Å². The third kappa shape index (κ3) is 4.25. The van der Waals surface area contributed by atoms with Crippen LogP contribution in [0.4, 0.5) is 9.52 Å². The van der Waals surface area contributed by atoms with E-state index < -0.39 is 0 Å². The summed E-state index contributed by atoms with van der Waals surface area (Å²) >= 11 is 1.72. The normalized spacial score (nSPS) is 12.4.